The van der Waals surface area contributed by atoms with Gasteiger partial charge in [0.1, 0.15) is 0 Å². The van der Waals surface area contributed by atoms with Crippen LogP contribution in [-0.2, 0) is 0 Å². The zero-order valence-electron chi connectivity index (χ0n) is 8.83. The van der Waals surface area contributed by atoms with E-state index in [2.05, 4.69) is 25.8 Å². The van der Waals surface area contributed by atoms with Crippen LogP contribution in [0.15, 0.2) is 4.99 Å². The van der Waals surface area contributed by atoms with E-state index in [-0.39, 0.29) is 0 Å². The maximum Gasteiger partial charge on any atom is 0.190 e. The molecule has 0 saturated heterocycles. The van der Waals surface area contributed by atoms with E-state index < -0.39 is 0 Å². The second-order valence-electron chi connectivity index (χ2n) is 3.67. The molecule has 0 saturated carbocycles. The van der Waals surface area contributed by atoms with Gasteiger partial charge in [0.25, 0.3) is 0 Å². The monoisotopic (exact) mass is 171 g/mol. The molecule has 0 spiro atoms. The summed E-state index contributed by atoms with van der Waals surface area (Å²) in [7, 11) is 3.70. The smallest absolute Gasteiger partial charge is 0.190 e. The van der Waals surface area contributed by atoms with Gasteiger partial charge in [0.15, 0.2) is 5.96 Å². The molecule has 3 nitrogen and oxygen atoms in total. The van der Waals surface area contributed by atoms with Crippen LogP contribution in [0.2, 0.25) is 0 Å². The van der Waals surface area contributed by atoms with Gasteiger partial charge in [-0.1, -0.05) is 13.8 Å². The quantitative estimate of drug-likeness (QED) is 0.513. The molecule has 72 valence electrons. The second-order valence-corrected chi connectivity index (χ2v) is 3.67. The number of aliphatic imine (C=N–C) groups is 1. The normalized spacial score (nSPS) is 15.0. The maximum absolute atomic E-state index is 5.67. The van der Waals surface area contributed by atoms with Crippen LogP contribution in [0.25, 0.3) is 0 Å². The van der Waals surface area contributed by atoms with E-state index in [9.17, 15) is 0 Å². The number of guanidine groups is 1. The first-order chi connectivity index (χ1) is 5.49. The molecule has 3 heteroatoms. The Morgan fingerprint density at radius 1 is 1.42 bits per heavy atom. The lowest BCUT2D eigenvalue weighted by atomic mass is 10.0. The van der Waals surface area contributed by atoms with Crippen LogP contribution in [0.4, 0.5) is 0 Å². The van der Waals surface area contributed by atoms with E-state index in [4.69, 9.17) is 5.73 Å². The van der Waals surface area contributed by atoms with Gasteiger partial charge in [-0.25, -0.2) is 0 Å². The van der Waals surface area contributed by atoms with E-state index in [1.54, 1.807) is 7.05 Å². The summed E-state index contributed by atoms with van der Waals surface area (Å²) in [5.41, 5.74) is 5.67. The van der Waals surface area contributed by atoms with Crippen molar-refractivity contribution in [1.82, 2.24) is 4.90 Å². The van der Waals surface area contributed by atoms with Gasteiger partial charge in [-0.3, -0.25) is 4.99 Å². The Kier molecular flexibility index (Phi) is 4.71. The zero-order valence-corrected chi connectivity index (χ0v) is 8.83. The highest BCUT2D eigenvalue weighted by Crippen LogP contribution is 2.08. The van der Waals surface area contributed by atoms with Crippen LogP contribution >= 0.6 is 0 Å². The summed E-state index contributed by atoms with van der Waals surface area (Å²) in [4.78, 5) is 5.95. The molecule has 1 atom stereocenters. The average Bonchev–Trinajstić information content (AvgIpc) is 2.00. The Morgan fingerprint density at radius 3 is 2.25 bits per heavy atom. The summed E-state index contributed by atoms with van der Waals surface area (Å²) in [6, 6.07) is 0.466. The first-order valence-electron chi connectivity index (χ1n) is 4.44. The third-order valence-corrected chi connectivity index (χ3v) is 2.06. The summed E-state index contributed by atoms with van der Waals surface area (Å²) >= 11 is 0. The standard InChI is InChI=1S/C9H21N3/c1-7(2)6-8(3)12(5)9(10)11-4/h7-8H,6H2,1-5H3,(H2,10,11). The highest BCUT2D eigenvalue weighted by Gasteiger charge is 2.11. The van der Waals surface area contributed by atoms with E-state index in [1.807, 2.05) is 11.9 Å². The minimum absolute atomic E-state index is 0.466. The summed E-state index contributed by atoms with van der Waals surface area (Å²) in [5.74, 6) is 1.32. The van der Waals surface area contributed by atoms with Gasteiger partial charge < -0.3 is 10.6 Å². The first kappa shape index (κ1) is 11.3. The minimum atomic E-state index is 0.466. The molecular weight excluding hydrogens is 150 g/mol. The van der Waals surface area contributed by atoms with Gasteiger partial charge in [0.2, 0.25) is 0 Å². The summed E-state index contributed by atoms with van der Waals surface area (Å²) in [6.45, 7) is 6.59. The van der Waals surface area contributed by atoms with E-state index in [0.717, 1.165) is 6.42 Å². The fraction of sp³-hybridized carbons (Fsp3) is 0.889. The molecule has 0 bridgehead atoms. The average molecular weight is 171 g/mol. The van der Waals surface area contributed by atoms with Crippen LogP contribution in [0.3, 0.4) is 0 Å². The largest absolute Gasteiger partial charge is 0.370 e. The molecule has 12 heavy (non-hydrogen) atoms. The summed E-state index contributed by atoms with van der Waals surface area (Å²) in [6.07, 6.45) is 1.15. The molecule has 0 rings (SSSR count). The lowest BCUT2D eigenvalue weighted by molar-refractivity contribution is 0.330. The van der Waals surface area contributed by atoms with Crippen molar-refractivity contribution < 1.29 is 0 Å². The molecule has 0 aliphatic carbocycles. The highest BCUT2D eigenvalue weighted by molar-refractivity contribution is 5.77. The minimum Gasteiger partial charge on any atom is -0.370 e. The van der Waals surface area contributed by atoms with Crippen molar-refractivity contribution in [2.45, 2.75) is 33.2 Å². The number of nitrogens with two attached hydrogens (primary N) is 1. The Hall–Kier alpha value is -0.730. The molecule has 0 aliphatic heterocycles. The number of hydrogen-bond acceptors (Lipinski definition) is 1. The lowest BCUT2D eigenvalue weighted by Crippen LogP contribution is -2.40. The van der Waals surface area contributed by atoms with E-state index in [0.29, 0.717) is 17.9 Å². The molecule has 0 aliphatic rings. The van der Waals surface area contributed by atoms with Crippen molar-refractivity contribution in [3.05, 3.63) is 0 Å². The van der Waals surface area contributed by atoms with Gasteiger partial charge in [0, 0.05) is 20.1 Å². The molecule has 0 fully saturated rings. The fourth-order valence-electron chi connectivity index (χ4n) is 1.22. The molecule has 0 amide bonds. The van der Waals surface area contributed by atoms with Gasteiger partial charge in [-0.15, -0.1) is 0 Å². The Labute approximate surface area is 75.7 Å². The van der Waals surface area contributed by atoms with Crippen LogP contribution in [0.5, 0.6) is 0 Å². The molecule has 0 heterocycles. The van der Waals surface area contributed by atoms with E-state index in [1.165, 1.54) is 0 Å². The molecule has 0 aromatic rings. The van der Waals surface area contributed by atoms with Crippen molar-refractivity contribution in [3.8, 4) is 0 Å². The molecule has 0 aromatic carbocycles. The first-order valence-corrected chi connectivity index (χ1v) is 4.44. The molecule has 0 aromatic heterocycles. The summed E-state index contributed by atoms with van der Waals surface area (Å²) in [5, 5.41) is 0. The number of rotatable bonds is 3. The van der Waals surface area contributed by atoms with Gasteiger partial charge in [-0.2, -0.15) is 0 Å². The van der Waals surface area contributed by atoms with Crippen molar-refractivity contribution >= 4 is 5.96 Å². The Bertz CT molecular complexity index is 152. The van der Waals surface area contributed by atoms with Gasteiger partial charge >= 0.3 is 0 Å². The second kappa shape index (κ2) is 5.01. The SMILES string of the molecule is CN=C(N)N(C)C(C)CC(C)C. The van der Waals surface area contributed by atoms with Crippen LogP contribution in [-0.4, -0.2) is 31.0 Å². The molecule has 0 radical (unpaired) electrons. The van der Waals surface area contributed by atoms with Crippen molar-refractivity contribution in [1.29, 1.82) is 0 Å². The molecular formula is C9H21N3. The maximum atomic E-state index is 5.67. The van der Waals surface area contributed by atoms with Crippen LogP contribution in [0, 0.1) is 5.92 Å². The van der Waals surface area contributed by atoms with Gasteiger partial charge in [0.05, 0.1) is 0 Å². The zero-order chi connectivity index (χ0) is 9.72. The third-order valence-electron chi connectivity index (χ3n) is 2.06. The fourth-order valence-corrected chi connectivity index (χ4v) is 1.22. The van der Waals surface area contributed by atoms with Crippen molar-refractivity contribution in [3.63, 3.8) is 0 Å². The number of nitrogens with zero attached hydrogens (tertiary/aromatic N) is 2. The van der Waals surface area contributed by atoms with Crippen molar-refractivity contribution in [2.75, 3.05) is 14.1 Å². The Balaban J connectivity index is 4.01. The van der Waals surface area contributed by atoms with Gasteiger partial charge in [-0.05, 0) is 19.3 Å². The number of hydrogen-bond donors (Lipinski definition) is 1. The predicted octanol–water partition coefficient (Wildman–Crippen LogP) is 1.30. The predicted molar refractivity (Wildman–Crippen MR) is 54.2 cm³/mol. The third kappa shape index (κ3) is 3.60. The molecule has 2 N–H and O–H groups in total. The Morgan fingerprint density at radius 2 is 1.92 bits per heavy atom. The summed E-state index contributed by atoms with van der Waals surface area (Å²) < 4.78 is 0. The highest BCUT2D eigenvalue weighted by atomic mass is 15.2. The molecule has 1 unspecified atom stereocenters. The topological polar surface area (TPSA) is 41.6 Å². The van der Waals surface area contributed by atoms with Crippen LogP contribution in [0.1, 0.15) is 27.2 Å². The van der Waals surface area contributed by atoms with Crippen molar-refractivity contribution in [2.24, 2.45) is 16.6 Å². The van der Waals surface area contributed by atoms with Crippen LogP contribution < -0.4 is 5.73 Å². The van der Waals surface area contributed by atoms with E-state index >= 15 is 0 Å². The lowest BCUT2D eigenvalue weighted by Gasteiger charge is -2.26.